The van der Waals surface area contributed by atoms with Crippen LogP contribution in [-0.4, -0.2) is 27.9 Å². The molecule has 1 aromatic heterocycles. The number of nitrogens with zero attached hydrogens (tertiary/aromatic N) is 2. The van der Waals surface area contributed by atoms with Gasteiger partial charge in [0.2, 0.25) is 5.88 Å². The highest BCUT2D eigenvalue weighted by Gasteiger charge is 2.18. The minimum atomic E-state index is -0.414. The molecule has 30 heavy (non-hydrogen) atoms. The molecule has 0 aliphatic carbocycles. The summed E-state index contributed by atoms with van der Waals surface area (Å²) >= 11 is 4.63. The molecule has 0 saturated heterocycles. The molecule has 1 heterocycles. The smallest absolute Gasteiger partial charge is 0.315 e. The molecule has 0 atom stereocenters. The van der Waals surface area contributed by atoms with Gasteiger partial charge < -0.3 is 15.4 Å². The van der Waals surface area contributed by atoms with E-state index in [2.05, 4.69) is 31.5 Å². The number of carbonyl (C=O) groups is 1. The molecular formula is C20H26BrFN4O3S. The van der Waals surface area contributed by atoms with Gasteiger partial charge in [0.1, 0.15) is 16.9 Å². The summed E-state index contributed by atoms with van der Waals surface area (Å²) in [5.41, 5.74) is 1.02. The minimum absolute atomic E-state index is 0.0117. The van der Waals surface area contributed by atoms with Gasteiger partial charge in [-0.05, 0) is 73.1 Å². The molecule has 0 unspecified atom stereocenters. The van der Waals surface area contributed by atoms with Crippen LogP contribution in [0.4, 0.5) is 9.18 Å². The standard InChI is InChI=1S/C20H26BrFN4O3S/c1-11(2)24-19(28)23-9-14-8-15(22)7-6-13(14)10-29-17-16(21)18(27)26(12(3)4)20(25-17)30-5/h6-8,11-12H,9-10H2,1-5H3,(H2,23,24,28). The molecule has 164 valence electrons. The van der Waals surface area contributed by atoms with E-state index >= 15 is 0 Å². The second-order valence-corrected chi connectivity index (χ2v) is 8.74. The Morgan fingerprint density at radius 1 is 1.30 bits per heavy atom. The van der Waals surface area contributed by atoms with Crippen molar-refractivity contribution in [2.24, 2.45) is 0 Å². The summed E-state index contributed by atoms with van der Waals surface area (Å²) in [4.78, 5) is 29.0. The molecule has 0 radical (unpaired) electrons. The summed E-state index contributed by atoms with van der Waals surface area (Å²) in [5.74, 6) is -0.245. The molecule has 0 aliphatic rings. The van der Waals surface area contributed by atoms with Crippen LogP contribution in [-0.2, 0) is 13.2 Å². The van der Waals surface area contributed by atoms with Crippen molar-refractivity contribution >= 4 is 33.7 Å². The molecule has 0 bridgehead atoms. The van der Waals surface area contributed by atoms with E-state index in [4.69, 9.17) is 4.74 Å². The fourth-order valence-corrected chi connectivity index (χ4v) is 3.76. The highest BCUT2D eigenvalue weighted by molar-refractivity contribution is 9.10. The second-order valence-electron chi connectivity index (χ2n) is 7.17. The summed E-state index contributed by atoms with van der Waals surface area (Å²) in [5, 5.41) is 5.96. The van der Waals surface area contributed by atoms with Crippen molar-refractivity contribution in [2.75, 3.05) is 6.26 Å². The van der Waals surface area contributed by atoms with Crippen LogP contribution in [0.25, 0.3) is 0 Å². The number of amides is 2. The minimum Gasteiger partial charge on any atom is -0.472 e. The van der Waals surface area contributed by atoms with Gasteiger partial charge in [-0.3, -0.25) is 9.36 Å². The lowest BCUT2D eigenvalue weighted by atomic mass is 10.1. The Morgan fingerprint density at radius 2 is 2.00 bits per heavy atom. The quantitative estimate of drug-likeness (QED) is 0.418. The number of benzene rings is 1. The Morgan fingerprint density at radius 3 is 2.60 bits per heavy atom. The third kappa shape index (κ3) is 6.21. The van der Waals surface area contributed by atoms with Crippen LogP contribution in [0.15, 0.2) is 32.6 Å². The molecular weight excluding hydrogens is 475 g/mol. The van der Waals surface area contributed by atoms with Crippen molar-refractivity contribution in [2.45, 2.75) is 58.1 Å². The fourth-order valence-electron chi connectivity index (χ4n) is 2.70. The zero-order valence-corrected chi connectivity index (χ0v) is 20.0. The molecule has 0 saturated carbocycles. The number of thioether (sulfide) groups is 1. The summed E-state index contributed by atoms with van der Waals surface area (Å²) in [6.07, 6.45) is 1.84. The van der Waals surface area contributed by atoms with Gasteiger partial charge in [-0.1, -0.05) is 17.8 Å². The first kappa shape index (κ1) is 24.2. The van der Waals surface area contributed by atoms with E-state index in [1.807, 2.05) is 34.0 Å². The lowest BCUT2D eigenvalue weighted by molar-refractivity contribution is 0.238. The Hall–Kier alpha value is -2.07. The van der Waals surface area contributed by atoms with Crippen molar-refractivity contribution in [3.63, 3.8) is 0 Å². The third-order valence-electron chi connectivity index (χ3n) is 4.09. The predicted octanol–water partition coefficient (Wildman–Crippen LogP) is 4.23. The van der Waals surface area contributed by atoms with Gasteiger partial charge in [0.05, 0.1) is 0 Å². The monoisotopic (exact) mass is 500 g/mol. The van der Waals surface area contributed by atoms with Gasteiger partial charge in [-0.15, -0.1) is 0 Å². The number of hydrogen-bond acceptors (Lipinski definition) is 5. The molecule has 7 nitrogen and oxygen atoms in total. The van der Waals surface area contributed by atoms with Crippen LogP contribution < -0.4 is 20.9 Å². The summed E-state index contributed by atoms with van der Waals surface area (Å²) in [7, 11) is 0. The van der Waals surface area contributed by atoms with E-state index in [1.54, 1.807) is 10.6 Å². The van der Waals surface area contributed by atoms with Crippen LogP contribution in [0.3, 0.4) is 0 Å². The Balaban J connectivity index is 2.23. The average molecular weight is 501 g/mol. The molecule has 2 rings (SSSR count). The van der Waals surface area contributed by atoms with E-state index in [-0.39, 0.29) is 47.2 Å². The van der Waals surface area contributed by atoms with Gasteiger partial charge in [0, 0.05) is 18.6 Å². The maximum Gasteiger partial charge on any atom is 0.315 e. The van der Waals surface area contributed by atoms with Crippen LogP contribution in [0, 0.1) is 5.82 Å². The molecule has 10 heteroatoms. The number of halogens is 2. The predicted molar refractivity (Wildman–Crippen MR) is 120 cm³/mol. The normalized spacial score (nSPS) is 11.1. The number of hydrogen-bond donors (Lipinski definition) is 2. The van der Waals surface area contributed by atoms with Crippen LogP contribution in [0.2, 0.25) is 0 Å². The lowest BCUT2D eigenvalue weighted by Gasteiger charge is -2.17. The molecule has 2 N–H and O–H groups in total. The Bertz CT molecular complexity index is 966. The maximum atomic E-state index is 13.7. The van der Waals surface area contributed by atoms with E-state index < -0.39 is 5.82 Å². The zero-order valence-electron chi connectivity index (χ0n) is 17.6. The largest absolute Gasteiger partial charge is 0.472 e. The molecule has 0 spiro atoms. The van der Waals surface area contributed by atoms with Crippen molar-refractivity contribution in [3.05, 3.63) is 50.0 Å². The number of urea groups is 1. The Labute approximate surface area is 187 Å². The first-order chi connectivity index (χ1) is 14.1. The van der Waals surface area contributed by atoms with E-state index in [0.29, 0.717) is 16.3 Å². The molecule has 2 amide bonds. The average Bonchev–Trinajstić information content (AvgIpc) is 2.67. The van der Waals surface area contributed by atoms with Gasteiger partial charge in [-0.25, -0.2) is 9.18 Å². The number of carbonyl (C=O) groups excluding carboxylic acids is 1. The summed E-state index contributed by atoms with van der Waals surface area (Å²) in [6, 6.07) is 3.86. The highest BCUT2D eigenvalue weighted by Crippen LogP contribution is 2.25. The van der Waals surface area contributed by atoms with Gasteiger partial charge in [0.25, 0.3) is 5.56 Å². The number of ether oxygens (including phenoxy) is 1. The fraction of sp³-hybridized carbons (Fsp3) is 0.450. The SMILES string of the molecule is CSc1nc(OCc2ccc(F)cc2CNC(=O)NC(C)C)c(Br)c(=O)n1C(C)C. The summed E-state index contributed by atoms with van der Waals surface area (Å²) < 4.78 is 21.4. The molecule has 1 aromatic carbocycles. The lowest BCUT2D eigenvalue weighted by Crippen LogP contribution is -2.39. The van der Waals surface area contributed by atoms with Gasteiger partial charge >= 0.3 is 6.03 Å². The van der Waals surface area contributed by atoms with Crippen LogP contribution >= 0.6 is 27.7 Å². The first-order valence-corrected chi connectivity index (χ1v) is 11.5. The van der Waals surface area contributed by atoms with Crippen molar-refractivity contribution in [1.29, 1.82) is 0 Å². The molecule has 0 aliphatic heterocycles. The molecule has 0 fully saturated rings. The zero-order chi connectivity index (χ0) is 22.4. The number of rotatable bonds is 8. The highest BCUT2D eigenvalue weighted by atomic mass is 79.9. The van der Waals surface area contributed by atoms with E-state index in [1.165, 1.54) is 23.9 Å². The van der Waals surface area contributed by atoms with Crippen molar-refractivity contribution < 1.29 is 13.9 Å². The number of aromatic nitrogens is 2. The topological polar surface area (TPSA) is 85.2 Å². The van der Waals surface area contributed by atoms with Crippen molar-refractivity contribution in [3.8, 4) is 5.88 Å². The van der Waals surface area contributed by atoms with Crippen LogP contribution in [0.1, 0.15) is 44.9 Å². The van der Waals surface area contributed by atoms with Crippen LogP contribution in [0.5, 0.6) is 5.88 Å². The van der Waals surface area contributed by atoms with Gasteiger partial charge in [0.15, 0.2) is 5.16 Å². The van der Waals surface area contributed by atoms with E-state index in [9.17, 15) is 14.0 Å². The third-order valence-corrected chi connectivity index (χ3v) is 5.42. The van der Waals surface area contributed by atoms with E-state index in [0.717, 1.165) is 0 Å². The van der Waals surface area contributed by atoms with Gasteiger partial charge in [-0.2, -0.15) is 4.98 Å². The summed E-state index contributed by atoms with van der Waals surface area (Å²) in [6.45, 7) is 7.71. The Kier molecular flexibility index (Phi) is 8.72. The second kappa shape index (κ2) is 10.8. The molecule has 2 aromatic rings. The van der Waals surface area contributed by atoms with Crippen molar-refractivity contribution in [1.82, 2.24) is 20.2 Å². The maximum absolute atomic E-state index is 13.7. The number of nitrogens with one attached hydrogen (secondary N) is 2. The first-order valence-electron chi connectivity index (χ1n) is 9.44.